The molecule has 5 heteroatoms. The lowest BCUT2D eigenvalue weighted by molar-refractivity contribution is 0.507. The van der Waals surface area contributed by atoms with Gasteiger partial charge in [0.2, 0.25) is 0 Å². The van der Waals surface area contributed by atoms with Crippen LogP contribution in [0, 0.1) is 0 Å². The first-order valence-corrected chi connectivity index (χ1v) is 7.09. The molecule has 1 aliphatic rings. The van der Waals surface area contributed by atoms with Gasteiger partial charge in [-0.3, -0.25) is 0 Å². The molecule has 1 aromatic carbocycles. The van der Waals surface area contributed by atoms with E-state index in [1.54, 1.807) is 0 Å². The third-order valence-corrected chi connectivity index (χ3v) is 4.26. The van der Waals surface area contributed by atoms with Crippen molar-refractivity contribution in [2.24, 2.45) is 0 Å². The number of rotatable bonds is 2. The summed E-state index contributed by atoms with van der Waals surface area (Å²) in [4.78, 5) is 5.57. The van der Waals surface area contributed by atoms with E-state index in [9.17, 15) is 0 Å². The fourth-order valence-corrected chi connectivity index (χ4v) is 3.18. The number of para-hydroxylation sites is 1. The van der Waals surface area contributed by atoms with Gasteiger partial charge in [-0.1, -0.05) is 12.1 Å². The first kappa shape index (κ1) is 11.5. The summed E-state index contributed by atoms with van der Waals surface area (Å²) in [6, 6.07) is 8.43. The Balaban J connectivity index is 1.56. The zero-order valence-electron chi connectivity index (χ0n) is 11.2. The van der Waals surface area contributed by atoms with Crippen LogP contribution in [0.15, 0.2) is 36.7 Å². The van der Waals surface area contributed by atoms with Gasteiger partial charge in [0.1, 0.15) is 11.0 Å². The van der Waals surface area contributed by atoms with Crippen molar-refractivity contribution >= 4 is 16.7 Å². The molecule has 1 fully saturated rings. The SMILES string of the molecule is c1cc(C2CCN(c3cc[nH]c3)CC2)c2n[nH]nc2c1. The molecule has 2 aromatic heterocycles. The van der Waals surface area contributed by atoms with Crippen molar-refractivity contribution < 1.29 is 0 Å². The number of benzene rings is 1. The van der Waals surface area contributed by atoms with Crippen LogP contribution in [-0.4, -0.2) is 33.5 Å². The Kier molecular flexibility index (Phi) is 2.69. The Hall–Kier alpha value is -2.30. The van der Waals surface area contributed by atoms with Gasteiger partial charge in [-0.25, -0.2) is 0 Å². The van der Waals surface area contributed by atoms with E-state index in [2.05, 4.69) is 49.7 Å². The largest absolute Gasteiger partial charge is 0.370 e. The van der Waals surface area contributed by atoms with Crippen molar-refractivity contribution in [2.45, 2.75) is 18.8 Å². The number of fused-ring (bicyclic) bond motifs is 1. The molecule has 0 bridgehead atoms. The van der Waals surface area contributed by atoms with Crippen molar-refractivity contribution in [2.75, 3.05) is 18.0 Å². The molecule has 1 saturated heterocycles. The molecule has 0 radical (unpaired) electrons. The predicted molar refractivity (Wildman–Crippen MR) is 78.9 cm³/mol. The summed E-state index contributed by atoms with van der Waals surface area (Å²) in [6.45, 7) is 2.19. The number of hydrogen-bond acceptors (Lipinski definition) is 3. The van der Waals surface area contributed by atoms with Gasteiger partial charge in [-0.2, -0.15) is 15.4 Å². The molecule has 20 heavy (non-hydrogen) atoms. The van der Waals surface area contributed by atoms with E-state index in [0.717, 1.165) is 37.0 Å². The third kappa shape index (κ3) is 1.86. The molecule has 1 aliphatic heterocycles. The van der Waals surface area contributed by atoms with Crippen molar-refractivity contribution in [3.8, 4) is 0 Å². The molecule has 0 spiro atoms. The third-order valence-electron chi connectivity index (χ3n) is 4.26. The zero-order chi connectivity index (χ0) is 13.4. The monoisotopic (exact) mass is 267 g/mol. The van der Waals surface area contributed by atoms with Crippen LogP contribution < -0.4 is 4.90 Å². The summed E-state index contributed by atoms with van der Waals surface area (Å²) in [5.41, 5.74) is 4.64. The number of nitrogens with one attached hydrogen (secondary N) is 2. The molecule has 0 atom stereocenters. The lowest BCUT2D eigenvalue weighted by Gasteiger charge is -2.33. The summed E-state index contributed by atoms with van der Waals surface area (Å²) in [5, 5.41) is 11.2. The number of hydrogen-bond donors (Lipinski definition) is 2. The number of piperidine rings is 1. The summed E-state index contributed by atoms with van der Waals surface area (Å²) in [5.74, 6) is 0.582. The lowest BCUT2D eigenvalue weighted by Crippen LogP contribution is -2.32. The molecule has 0 unspecified atom stereocenters. The van der Waals surface area contributed by atoms with Crippen LogP contribution in [0.2, 0.25) is 0 Å². The van der Waals surface area contributed by atoms with E-state index in [1.165, 1.54) is 11.3 Å². The highest BCUT2D eigenvalue weighted by molar-refractivity contribution is 5.77. The van der Waals surface area contributed by atoms with Gasteiger partial charge in [0, 0.05) is 25.5 Å². The molecule has 4 rings (SSSR count). The highest BCUT2D eigenvalue weighted by Gasteiger charge is 2.23. The Morgan fingerprint density at radius 3 is 2.80 bits per heavy atom. The van der Waals surface area contributed by atoms with Gasteiger partial charge in [0.05, 0.1) is 5.69 Å². The minimum atomic E-state index is 0.582. The van der Waals surface area contributed by atoms with Crippen molar-refractivity contribution in [1.29, 1.82) is 0 Å². The van der Waals surface area contributed by atoms with E-state index in [0.29, 0.717) is 5.92 Å². The fraction of sp³-hybridized carbons (Fsp3) is 0.333. The summed E-state index contributed by atoms with van der Waals surface area (Å²) >= 11 is 0. The quantitative estimate of drug-likeness (QED) is 0.750. The Morgan fingerprint density at radius 1 is 1.10 bits per heavy atom. The summed E-state index contributed by atoms with van der Waals surface area (Å²) in [6.07, 6.45) is 6.38. The first-order chi connectivity index (χ1) is 9.92. The van der Waals surface area contributed by atoms with Crippen LogP contribution in [0.4, 0.5) is 5.69 Å². The number of aromatic nitrogens is 4. The van der Waals surface area contributed by atoms with Crippen LogP contribution >= 0.6 is 0 Å². The maximum atomic E-state index is 4.31. The second-order valence-electron chi connectivity index (χ2n) is 5.37. The molecule has 3 heterocycles. The number of nitrogens with zero attached hydrogens (tertiary/aromatic N) is 3. The first-order valence-electron chi connectivity index (χ1n) is 7.09. The molecule has 0 saturated carbocycles. The Labute approximate surface area is 117 Å². The molecule has 0 amide bonds. The van der Waals surface area contributed by atoms with Gasteiger partial charge < -0.3 is 9.88 Å². The number of H-pyrrole nitrogens is 2. The summed E-state index contributed by atoms with van der Waals surface area (Å²) in [7, 11) is 0. The maximum Gasteiger partial charge on any atom is 0.116 e. The van der Waals surface area contributed by atoms with Crippen LogP contribution in [0.25, 0.3) is 11.0 Å². The molecule has 0 aliphatic carbocycles. The minimum Gasteiger partial charge on any atom is -0.370 e. The molecular formula is C15H17N5. The van der Waals surface area contributed by atoms with Crippen molar-refractivity contribution in [1.82, 2.24) is 20.4 Å². The number of anilines is 1. The van der Waals surface area contributed by atoms with Gasteiger partial charge in [0.25, 0.3) is 0 Å². The highest BCUT2D eigenvalue weighted by atomic mass is 15.3. The smallest absolute Gasteiger partial charge is 0.116 e. The van der Waals surface area contributed by atoms with E-state index in [4.69, 9.17) is 0 Å². The normalized spacial score (nSPS) is 16.9. The average molecular weight is 267 g/mol. The highest BCUT2D eigenvalue weighted by Crippen LogP contribution is 2.33. The van der Waals surface area contributed by atoms with E-state index in [1.807, 2.05) is 12.3 Å². The second-order valence-corrected chi connectivity index (χ2v) is 5.37. The predicted octanol–water partition coefficient (Wildman–Crippen LogP) is 2.67. The van der Waals surface area contributed by atoms with Gasteiger partial charge in [-0.05, 0) is 36.5 Å². The molecule has 102 valence electrons. The fourth-order valence-electron chi connectivity index (χ4n) is 3.18. The Bertz CT molecular complexity index is 692. The number of aromatic amines is 2. The standard InChI is InChI=1S/C15H17N5/c1-2-13(15-14(3-1)17-19-18-15)11-5-8-20(9-6-11)12-4-7-16-10-12/h1-4,7,10-11,16H,5-6,8-9H2,(H,17,18,19). The topological polar surface area (TPSA) is 60.6 Å². The zero-order valence-corrected chi connectivity index (χ0v) is 11.2. The second kappa shape index (κ2) is 4.67. The minimum absolute atomic E-state index is 0.582. The van der Waals surface area contributed by atoms with Gasteiger partial charge in [-0.15, -0.1) is 0 Å². The van der Waals surface area contributed by atoms with E-state index >= 15 is 0 Å². The van der Waals surface area contributed by atoms with Crippen molar-refractivity contribution in [3.63, 3.8) is 0 Å². The molecule has 3 aromatic rings. The summed E-state index contributed by atoms with van der Waals surface area (Å²) < 4.78 is 0. The lowest BCUT2D eigenvalue weighted by atomic mass is 9.88. The van der Waals surface area contributed by atoms with E-state index in [-0.39, 0.29) is 0 Å². The van der Waals surface area contributed by atoms with Crippen LogP contribution in [0.5, 0.6) is 0 Å². The molecule has 2 N–H and O–H groups in total. The van der Waals surface area contributed by atoms with Gasteiger partial charge >= 0.3 is 0 Å². The van der Waals surface area contributed by atoms with Crippen LogP contribution in [0.1, 0.15) is 24.3 Å². The van der Waals surface area contributed by atoms with Crippen LogP contribution in [-0.2, 0) is 0 Å². The molecule has 5 nitrogen and oxygen atoms in total. The van der Waals surface area contributed by atoms with Crippen molar-refractivity contribution in [3.05, 3.63) is 42.2 Å². The maximum absolute atomic E-state index is 4.31. The van der Waals surface area contributed by atoms with Crippen LogP contribution in [0.3, 0.4) is 0 Å². The Morgan fingerprint density at radius 2 is 2.00 bits per heavy atom. The average Bonchev–Trinajstić information content (AvgIpc) is 3.18. The van der Waals surface area contributed by atoms with Gasteiger partial charge in [0.15, 0.2) is 0 Å². The molecular weight excluding hydrogens is 250 g/mol. The van der Waals surface area contributed by atoms with E-state index < -0.39 is 0 Å².